The van der Waals surface area contributed by atoms with E-state index in [4.69, 9.17) is 0 Å². The fourth-order valence-corrected chi connectivity index (χ4v) is 2.59. The van der Waals surface area contributed by atoms with Gasteiger partial charge in [-0.3, -0.25) is 9.59 Å². The van der Waals surface area contributed by atoms with E-state index in [2.05, 4.69) is 0 Å². The minimum atomic E-state index is -0.401. The summed E-state index contributed by atoms with van der Waals surface area (Å²) < 4.78 is 13.1. The predicted molar refractivity (Wildman–Crippen MR) is 73.9 cm³/mol. The van der Waals surface area contributed by atoms with Crippen LogP contribution in [-0.4, -0.2) is 48.3 Å². The number of aryl methyl sites for hydroxylation is 1. The van der Waals surface area contributed by atoms with Crippen LogP contribution in [0.1, 0.15) is 28.8 Å². The Kier molecular flexibility index (Phi) is 4.06. The number of carbonyl (C=O) groups is 2. The van der Waals surface area contributed by atoms with Gasteiger partial charge in [-0.2, -0.15) is 0 Å². The number of likely N-dealkylation sites (tertiary alicyclic amines) is 1. The second kappa shape index (κ2) is 5.61. The van der Waals surface area contributed by atoms with Gasteiger partial charge in [-0.1, -0.05) is 0 Å². The summed E-state index contributed by atoms with van der Waals surface area (Å²) in [5.41, 5.74) is 1.06. The smallest absolute Gasteiger partial charge is 0.254 e. The average molecular weight is 278 g/mol. The second-order valence-corrected chi connectivity index (χ2v) is 5.35. The first-order valence-electron chi connectivity index (χ1n) is 6.70. The maximum absolute atomic E-state index is 13.1. The number of rotatable bonds is 2. The topological polar surface area (TPSA) is 40.6 Å². The summed E-state index contributed by atoms with van der Waals surface area (Å²) in [6.07, 6.45) is 1.50. The Balaban J connectivity index is 2.25. The van der Waals surface area contributed by atoms with E-state index in [0.29, 0.717) is 24.1 Å². The van der Waals surface area contributed by atoms with Gasteiger partial charge < -0.3 is 9.80 Å². The van der Waals surface area contributed by atoms with E-state index >= 15 is 0 Å². The number of halogens is 1. The molecule has 20 heavy (non-hydrogen) atoms. The molecule has 1 unspecified atom stereocenters. The number of hydrogen-bond acceptors (Lipinski definition) is 2. The van der Waals surface area contributed by atoms with Gasteiger partial charge in [0.05, 0.1) is 0 Å². The molecule has 108 valence electrons. The Morgan fingerprint density at radius 3 is 2.65 bits per heavy atom. The zero-order valence-electron chi connectivity index (χ0n) is 12.0. The fourth-order valence-electron chi connectivity index (χ4n) is 2.59. The maximum atomic E-state index is 13.1. The van der Waals surface area contributed by atoms with E-state index in [-0.39, 0.29) is 17.6 Å². The standard InChI is InChI=1S/C15H19FN2O2/c1-10-9-11(16)6-7-12(10)14(19)18-8-4-5-13(18)15(20)17(2)3/h6-7,9,13H,4-5,8H2,1-3H3. The normalized spacial score (nSPS) is 18.2. The molecule has 0 saturated carbocycles. The molecule has 2 rings (SSSR count). The van der Waals surface area contributed by atoms with Gasteiger partial charge in [0, 0.05) is 26.2 Å². The Hall–Kier alpha value is -1.91. The van der Waals surface area contributed by atoms with Gasteiger partial charge in [-0.15, -0.1) is 0 Å². The molecule has 4 nitrogen and oxygen atoms in total. The second-order valence-electron chi connectivity index (χ2n) is 5.35. The van der Waals surface area contributed by atoms with Crippen molar-refractivity contribution in [1.82, 2.24) is 9.80 Å². The number of benzene rings is 1. The lowest BCUT2D eigenvalue weighted by molar-refractivity contribution is -0.132. The van der Waals surface area contributed by atoms with Gasteiger partial charge in [-0.05, 0) is 43.5 Å². The quantitative estimate of drug-likeness (QED) is 0.828. The van der Waals surface area contributed by atoms with Crippen LogP contribution in [0.5, 0.6) is 0 Å². The van der Waals surface area contributed by atoms with Crippen LogP contribution in [0.15, 0.2) is 18.2 Å². The van der Waals surface area contributed by atoms with Crippen molar-refractivity contribution in [3.8, 4) is 0 Å². The number of amides is 2. The molecule has 0 aromatic heterocycles. The van der Waals surface area contributed by atoms with Gasteiger partial charge in [0.2, 0.25) is 5.91 Å². The maximum Gasteiger partial charge on any atom is 0.254 e. The molecule has 1 aliphatic rings. The van der Waals surface area contributed by atoms with Crippen molar-refractivity contribution in [2.45, 2.75) is 25.8 Å². The molecule has 0 N–H and O–H groups in total. The van der Waals surface area contributed by atoms with Crippen molar-refractivity contribution in [2.75, 3.05) is 20.6 Å². The minimum absolute atomic E-state index is 0.0596. The first-order chi connectivity index (χ1) is 9.41. The van der Waals surface area contributed by atoms with Crippen LogP contribution in [0.25, 0.3) is 0 Å². The van der Waals surface area contributed by atoms with Crippen LogP contribution >= 0.6 is 0 Å². The Morgan fingerprint density at radius 1 is 1.35 bits per heavy atom. The summed E-state index contributed by atoms with van der Waals surface area (Å²) in [6.45, 7) is 2.27. The zero-order chi connectivity index (χ0) is 14.9. The number of carbonyl (C=O) groups excluding carboxylic acids is 2. The Morgan fingerprint density at radius 2 is 2.05 bits per heavy atom. The number of nitrogens with zero attached hydrogens (tertiary/aromatic N) is 2. The molecule has 0 spiro atoms. The van der Waals surface area contributed by atoms with Gasteiger partial charge in [0.1, 0.15) is 11.9 Å². The highest BCUT2D eigenvalue weighted by Crippen LogP contribution is 2.23. The highest BCUT2D eigenvalue weighted by Gasteiger charge is 2.35. The van der Waals surface area contributed by atoms with Crippen LogP contribution < -0.4 is 0 Å². The Bertz CT molecular complexity index is 543. The molecular weight excluding hydrogens is 259 g/mol. The van der Waals surface area contributed by atoms with Crippen LogP contribution in [0.3, 0.4) is 0 Å². The summed E-state index contributed by atoms with van der Waals surface area (Å²) in [5, 5.41) is 0. The lowest BCUT2D eigenvalue weighted by Gasteiger charge is -2.26. The molecule has 0 aliphatic carbocycles. The summed E-state index contributed by atoms with van der Waals surface area (Å²) >= 11 is 0. The van der Waals surface area contributed by atoms with Crippen LogP contribution in [0, 0.1) is 12.7 Å². The third kappa shape index (κ3) is 2.66. The van der Waals surface area contributed by atoms with Gasteiger partial charge >= 0.3 is 0 Å². The molecular formula is C15H19FN2O2. The van der Waals surface area contributed by atoms with E-state index in [0.717, 1.165) is 6.42 Å². The van der Waals surface area contributed by atoms with Gasteiger partial charge in [0.15, 0.2) is 0 Å². The summed E-state index contributed by atoms with van der Waals surface area (Å²) in [7, 11) is 3.37. The SMILES string of the molecule is Cc1cc(F)ccc1C(=O)N1CCCC1C(=O)N(C)C. The minimum Gasteiger partial charge on any atom is -0.347 e. The molecule has 0 radical (unpaired) electrons. The van der Waals surface area contributed by atoms with Gasteiger partial charge in [-0.25, -0.2) is 4.39 Å². The van der Waals surface area contributed by atoms with E-state index in [1.54, 1.807) is 25.9 Å². The van der Waals surface area contributed by atoms with Crippen LogP contribution in [-0.2, 0) is 4.79 Å². The van der Waals surface area contributed by atoms with Crippen LogP contribution in [0.4, 0.5) is 4.39 Å². The monoisotopic (exact) mass is 278 g/mol. The first kappa shape index (κ1) is 14.5. The fraction of sp³-hybridized carbons (Fsp3) is 0.467. The molecule has 1 atom stereocenters. The Labute approximate surface area is 118 Å². The zero-order valence-corrected chi connectivity index (χ0v) is 12.0. The molecule has 1 aromatic carbocycles. The third-order valence-electron chi connectivity index (χ3n) is 3.66. The molecule has 1 aromatic rings. The highest BCUT2D eigenvalue weighted by molar-refractivity contribution is 5.98. The van der Waals surface area contributed by atoms with E-state index in [1.165, 1.54) is 23.1 Å². The lowest BCUT2D eigenvalue weighted by Crippen LogP contribution is -2.45. The third-order valence-corrected chi connectivity index (χ3v) is 3.66. The average Bonchev–Trinajstić information content (AvgIpc) is 2.86. The van der Waals surface area contributed by atoms with Crippen molar-refractivity contribution in [1.29, 1.82) is 0 Å². The first-order valence-corrected chi connectivity index (χ1v) is 6.70. The summed E-state index contributed by atoms with van der Waals surface area (Å²) in [5.74, 6) is -0.614. The summed E-state index contributed by atoms with van der Waals surface area (Å²) in [6, 6.07) is 3.70. The number of hydrogen-bond donors (Lipinski definition) is 0. The largest absolute Gasteiger partial charge is 0.347 e. The number of likely N-dealkylation sites (N-methyl/N-ethyl adjacent to an activating group) is 1. The van der Waals surface area contributed by atoms with Crippen molar-refractivity contribution < 1.29 is 14.0 Å². The highest BCUT2D eigenvalue weighted by atomic mass is 19.1. The van der Waals surface area contributed by atoms with Crippen molar-refractivity contribution >= 4 is 11.8 Å². The van der Waals surface area contributed by atoms with Crippen molar-refractivity contribution in [3.63, 3.8) is 0 Å². The van der Waals surface area contributed by atoms with E-state index < -0.39 is 6.04 Å². The van der Waals surface area contributed by atoms with E-state index in [9.17, 15) is 14.0 Å². The summed E-state index contributed by atoms with van der Waals surface area (Å²) in [4.78, 5) is 27.8. The molecule has 2 amide bonds. The molecule has 5 heteroatoms. The van der Waals surface area contributed by atoms with Crippen molar-refractivity contribution in [2.24, 2.45) is 0 Å². The molecule has 1 fully saturated rings. The molecule has 1 saturated heterocycles. The molecule has 1 heterocycles. The van der Waals surface area contributed by atoms with E-state index in [1.807, 2.05) is 0 Å². The predicted octanol–water partition coefficient (Wildman–Crippen LogP) is 1.83. The lowest BCUT2D eigenvalue weighted by atomic mass is 10.1. The van der Waals surface area contributed by atoms with Crippen LogP contribution in [0.2, 0.25) is 0 Å². The molecule has 1 aliphatic heterocycles. The van der Waals surface area contributed by atoms with Crippen molar-refractivity contribution in [3.05, 3.63) is 35.1 Å². The van der Waals surface area contributed by atoms with Gasteiger partial charge in [0.25, 0.3) is 5.91 Å². The molecule has 0 bridgehead atoms.